The molecule has 0 fully saturated rings. The van der Waals surface area contributed by atoms with Crippen LogP contribution in [-0.2, 0) is 0 Å². The lowest BCUT2D eigenvalue weighted by molar-refractivity contribution is -0.600. The van der Waals surface area contributed by atoms with Crippen LogP contribution in [0.5, 0.6) is 0 Å². The first-order chi connectivity index (χ1) is 27.8. The van der Waals surface area contributed by atoms with Gasteiger partial charge in [-0.05, 0) is 62.7 Å². The predicted octanol–water partition coefficient (Wildman–Crippen LogP) is 7.47. The lowest BCUT2D eigenvalue weighted by Crippen LogP contribution is -2.93. The van der Waals surface area contributed by atoms with Crippen molar-refractivity contribution in [1.82, 2.24) is 9.88 Å². The van der Waals surface area contributed by atoms with Crippen molar-refractivity contribution in [3.63, 3.8) is 0 Å². The molecule has 0 aliphatic carbocycles. The van der Waals surface area contributed by atoms with Gasteiger partial charge in [0, 0.05) is 22.0 Å². The van der Waals surface area contributed by atoms with Crippen LogP contribution in [0.4, 0.5) is 0 Å². The number of nitrogens with one attached hydrogen (secondary N) is 1. The van der Waals surface area contributed by atoms with Crippen LogP contribution >= 0.6 is 0 Å². The third kappa shape index (κ3) is 5.90. The number of nitrogens with two attached hydrogens (primary N) is 1. The Kier molecular flexibility index (Phi) is 8.81. The van der Waals surface area contributed by atoms with Crippen LogP contribution < -0.4 is 31.4 Å². The van der Waals surface area contributed by atoms with Gasteiger partial charge in [-0.15, -0.1) is 0 Å². The Bertz CT molecular complexity index is 2700. The molecule has 1 aliphatic rings. The third-order valence-corrected chi connectivity index (χ3v) is 16.1. The minimum absolute atomic E-state index is 0.0208. The molecular formula is C51H41N4Si+. The van der Waals surface area contributed by atoms with Gasteiger partial charge in [0.1, 0.15) is 6.17 Å². The highest BCUT2D eigenvalue weighted by molar-refractivity contribution is 7.20. The second kappa shape index (κ2) is 14.5. The largest absolute Gasteiger partial charge is 0.309 e. The van der Waals surface area contributed by atoms with Gasteiger partial charge in [-0.3, -0.25) is 5.32 Å². The molecule has 56 heavy (non-hydrogen) atoms. The van der Waals surface area contributed by atoms with Crippen molar-refractivity contribution in [1.29, 1.82) is 0 Å². The molecule has 0 spiro atoms. The van der Waals surface area contributed by atoms with Gasteiger partial charge in [-0.25, -0.2) is 10.3 Å². The number of amidine groups is 1. The molecule has 2 unspecified atom stereocenters. The van der Waals surface area contributed by atoms with E-state index < -0.39 is 8.07 Å². The Morgan fingerprint density at radius 3 is 1.62 bits per heavy atom. The highest BCUT2D eigenvalue weighted by Crippen LogP contribution is 2.33. The maximum absolute atomic E-state index is 5.32. The Morgan fingerprint density at radius 1 is 0.446 bits per heavy atom. The van der Waals surface area contributed by atoms with E-state index in [9.17, 15) is 0 Å². The van der Waals surface area contributed by atoms with Crippen molar-refractivity contribution in [2.45, 2.75) is 12.3 Å². The van der Waals surface area contributed by atoms with Crippen LogP contribution in [0.1, 0.15) is 29.0 Å². The van der Waals surface area contributed by atoms with Crippen molar-refractivity contribution in [2.24, 2.45) is 4.99 Å². The summed E-state index contributed by atoms with van der Waals surface area (Å²) >= 11 is 0. The highest BCUT2D eigenvalue weighted by atomic mass is 28.3. The summed E-state index contributed by atoms with van der Waals surface area (Å²) in [6, 6.07) is 79.7. The first-order valence-electron chi connectivity index (χ1n) is 19.4. The maximum atomic E-state index is 5.32. The number of rotatable bonds is 8. The van der Waals surface area contributed by atoms with Gasteiger partial charge in [0.2, 0.25) is 5.84 Å². The summed E-state index contributed by atoms with van der Waals surface area (Å²) < 4.78 is 2.43. The van der Waals surface area contributed by atoms with Crippen LogP contribution in [0.3, 0.4) is 0 Å². The van der Waals surface area contributed by atoms with Crippen LogP contribution in [0, 0.1) is 0 Å². The van der Waals surface area contributed by atoms with Gasteiger partial charge in [0.05, 0.1) is 16.6 Å². The second-order valence-electron chi connectivity index (χ2n) is 14.5. The number of hydrogen-bond acceptors (Lipinski definition) is 2. The Balaban J connectivity index is 1.14. The molecule has 9 aromatic rings. The second-order valence-corrected chi connectivity index (χ2v) is 18.3. The Hall–Kier alpha value is -6.63. The van der Waals surface area contributed by atoms with Gasteiger partial charge < -0.3 is 4.57 Å². The molecule has 2 heterocycles. The average Bonchev–Trinajstić information content (AvgIpc) is 3.62. The third-order valence-electron chi connectivity index (χ3n) is 11.3. The number of nitrogens with zero attached hydrogens (tertiary/aromatic N) is 2. The fourth-order valence-electron chi connectivity index (χ4n) is 8.78. The summed E-state index contributed by atoms with van der Waals surface area (Å²) in [6.45, 7) is 0. The summed E-state index contributed by atoms with van der Waals surface area (Å²) in [4.78, 5) is 5.32. The fraction of sp³-hybridized carbons (Fsp3) is 0.0392. The average molecular weight is 738 g/mol. The number of quaternary nitrogens is 1. The molecule has 2 atom stereocenters. The first kappa shape index (κ1) is 33.9. The lowest BCUT2D eigenvalue weighted by Gasteiger charge is -2.34. The van der Waals surface area contributed by atoms with E-state index in [1.54, 1.807) is 0 Å². The predicted molar refractivity (Wildman–Crippen MR) is 234 cm³/mol. The number of aliphatic imine (C=N–C) groups is 1. The summed E-state index contributed by atoms with van der Waals surface area (Å²) in [5, 5.41) is 14.1. The van der Waals surface area contributed by atoms with E-state index in [0.717, 1.165) is 22.6 Å². The normalized spacial score (nSPS) is 15.8. The van der Waals surface area contributed by atoms with E-state index in [1.165, 1.54) is 48.1 Å². The van der Waals surface area contributed by atoms with Gasteiger partial charge >= 0.3 is 0 Å². The quantitative estimate of drug-likeness (QED) is 0.123. The molecule has 0 radical (unpaired) electrons. The zero-order valence-corrected chi connectivity index (χ0v) is 31.9. The lowest BCUT2D eigenvalue weighted by atomic mass is 10.1. The number of benzene rings is 8. The van der Waals surface area contributed by atoms with E-state index >= 15 is 0 Å². The van der Waals surface area contributed by atoms with Crippen LogP contribution in [-0.4, -0.2) is 18.5 Å². The van der Waals surface area contributed by atoms with Crippen LogP contribution in [0.2, 0.25) is 0 Å². The number of fused-ring (bicyclic) bond motifs is 3. The van der Waals surface area contributed by atoms with Crippen molar-refractivity contribution in [3.05, 3.63) is 235 Å². The summed E-state index contributed by atoms with van der Waals surface area (Å²) in [7, 11) is -2.71. The number of aromatic nitrogens is 1. The number of hydrogen-bond donors (Lipinski definition) is 2. The minimum atomic E-state index is -2.71. The van der Waals surface area contributed by atoms with E-state index in [-0.39, 0.29) is 12.3 Å². The smallest absolute Gasteiger partial charge is 0.230 e. The topological polar surface area (TPSA) is 45.9 Å². The zero-order valence-electron chi connectivity index (χ0n) is 30.9. The SMILES string of the molecule is c1ccc(C2=NC(c3cccc(-n4c5ccccc5c5cc([Si](c6ccccc6)(c6ccccc6)c6ccccc6)ccc54)c3)NC(c3ccccc3)[NH2+]2)cc1. The summed E-state index contributed by atoms with van der Waals surface area (Å²) in [5.41, 5.74) is 6.94. The van der Waals surface area contributed by atoms with Crippen LogP contribution in [0.25, 0.3) is 27.5 Å². The molecule has 0 amide bonds. The Morgan fingerprint density at radius 2 is 0.982 bits per heavy atom. The van der Waals surface area contributed by atoms with Gasteiger partial charge in [-0.1, -0.05) is 182 Å². The fourth-order valence-corrected chi connectivity index (χ4v) is 13.6. The van der Waals surface area contributed by atoms with E-state index in [0.29, 0.717) is 0 Å². The molecule has 0 bridgehead atoms. The molecule has 0 saturated heterocycles. The molecular weight excluding hydrogens is 697 g/mol. The molecule has 4 nitrogen and oxygen atoms in total. The summed E-state index contributed by atoms with van der Waals surface area (Å²) in [6.07, 6.45) is -0.207. The van der Waals surface area contributed by atoms with Gasteiger partial charge in [0.25, 0.3) is 0 Å². The first-order valence-corrected chi connectivity index (χ1v) is 21.4. The molecule has 1 aliphatic heterocycles. The molecule has 8 aromatic carbocycles. The molecule has 5 heteroatoms. The molecule has 0 saturated carbocycles. The van der Waals surface area contributed by atoms with Crippen molar-refractivity contribution < 1.29 is 5.32 Å². The van der Waals surface area contributed by atoms with Crippen molar-refractivity contribution >= 4 is 56.5 Å². The molecule has 3 N–H and O–H groups in total. The van der Waals surface area contributed by atoms with Crippen molar-refractivity contribution in [3.8, 4) is 5.69 Å². The van der Waals surface area contributed by atoms with Gasteiger partial charge in [-0.2, -0.15) is 0 Å². The van der Waals surface area contributed by atoms with E-state index in [4.69, 9.17) is 4.99 Å². The standard InChI is InChI=1S/C51H40N4Si/c1-6-19-37(20-7-1)49-52-50(38-21-8-2-9-22-38)54-51(53-49)39-23-18-24-40(35-39)55-47-32-17-16-31-45(47)46-36-44(33-34-48(46)55)56(41-25-10-3-11-26-41,42-27-12-4-13-28-42)43-29-14-5-15-30-43/h1-36,49,51,53H,(H,52,54)/p+1. The van der Waals surface area contributed by atoms with Crippen LogP contribution in [0.15, 0.2) is 223 Å². The number of para-hydroxylation sites is 1. The van der Waals surface area contributed by atoms with E-state index in [1.807, 2.05) is 0 Å². The van der Waals surface area contributed by atoms with E-state index in [2.05, 4.69) is 234 Å². The minimum Gasteiger partial charge on any atom is -0.309 e. The maximum Gasteiger partial charge on any atom is 0.230 e. The molecule has 268 valence electrons. The Labute approximate surface area is 328 Å². The molecule has 10 rings (SSSR count). The molecule has 1 aromatic heterocycles. The summed E-state index contributed by atoms with van der Waals surface area (Å²) in [5.74, 6) is 1.00. The van der Waals surface area contributed by atoms with Crippen molar-refractivity contribution in [2.75, 3.05) is 0 Å². The zero-order chi connectivity index (χ0) is 37.3. The highest BCUT2D eigenvalue weighted by Gasteiger charge is 2.41. The van der Waals surface area contributed by atoms with Gasteiger partial charge in [0.15, 0.2) is 14.2 Å². The monoisotopic (exact) mass is 737 g/mol.